The summed E-state index contributed by atoms with van der Waals surface area (Å²) >= 11 is 15.3. The van der Waals surface area contributed by atoms with Crippen molar-refractivity contribution in [3.8, 4) is 0 Å². The SMILES string of the molecule is O=C(Cc1ccccc1)NC1C(=O)N2C(C(=S)OC(c3ccccc3)c3ccccc3)=C(c3sc4ccsc4c(=O)c3Cl)CS(=O)[C@H]12. The standard InChI is InChI=1S/C35H25ClN2O5S4/c36-26-29(40)32-24(16-17-45-32)46-31(26)23-19-47(42)34-27(37-25(39)18-20-10-4-1-5-11-20)33(41)38(34)28(23)35(44)43-30(21-12-6-2-7-13-21)22-14-8-3-9-15-22/h1-17,27,30,34H,18-19H2,(H,37,39)/t27?,34-,47?/m1/s1. The van der Waals surface area contributed by atoms with Crippen molar-refractivity contribution >= 4 is 89.1 Å². The van der Waals surface area contributed by atoms with E-state index in [0.29, 0.717) is 15.2 Å². The maximum Gasteiger partial charge on any atom is 0.254 e. The molecule has 2 aromatic heterocycles. The molecular formula is C35H25ClN2O5S4. The van der Waals surface area contributed by atoms with Gasteiger partial charge >= 0.3 is 0 Å². The Morgan fingerprint density at radius 2 is 1.60 bits per heavy atom. The Labute approximate surface area is 290 Å². The van der Waals surface area contributed by atoms with Crippen molar-refractivity contribution in [1.29, 1.82) is 0 Å². The quantitative estimate of drug-likeness (QED) is 0.146. The van der Waals surface area contributed by atoms with E-state index in [2.05, 4.69) is 5.32 Å². The Bertz CT molecular complexity index is 2090. The molecule has 1 N–H and O–H groups in total. The maximum atomic E-state index is 13.9. The van der Waals surface area contributed by atoms with Gasteiger partial charge in [-0.1, -0.05) is 103 Å². The number of nitrogens with one attached hydrogen (secondary N) is 1. The van der Waals surface area contributed by atoms with E-state index in [1.165, 1.54) is 27.6 Å². The van der Waals surface area contributed by atoms with Gasteiger partial charge in [-0.15, -0.1) is 22.7 Å². The van der Waals surface area contributed by atoms with Gasteiger partial charge in [0.25, 0.3) is 5.91 Å². The summed E-state index contributed by atoms with van der Waals surface area (Å²) in [6.45, 7) is 0. The molecule has 7 rings (SSSR count). The van der Waals surface area contributed by atoms with Crippen LogP contribution in [-0.4, -0.2) is 43.1 Å². The van der Waals surface area contributed by atoms with Crippen LogP contribution < -0.4 is 10.7 Å². The van der Waals surface area contributed by atoms with E-state index < -0.39 is 34.2 Å². The van der Waals surface area contributed by atoms with Crippen molar-refractivity contribution in [3.05, 3.63) is 145 Å². The van der Waals surface area contributed by atoms with Gasteiger partial charge in [-0.05, 0) is 40.4 Å². The molecule has 2 aliphatic heterocycles. The van der Waals surface area contributed by atoms with Gasteiger partial charge in [0.05, 0.1) is 32.6 Å². The Morgan fingerprint density at radius 1 is 0.979 bits per heavy atom. The Hall–Kier alpha value is -4.00. The number of hydrogen-bond donors (Lipinski definition) is 1. The van der Waals surface area contributed by atoms with E-state index in [4.69, 9.17) is 28.6 Å². The number of carbonyl (C=O) groups excluding carboxylic acids is 2. The van der Waals surface area contributed by atoms with Crippen LogP contribution in [-0.2, 0) is 31.5 Å². The minimum absolute atomic E-state index is 0.0112. The summed E-state index contributed by atoms with van der Waals surface area (Å²) in [6.07, 6.45) is -0.560. The molecule has 1 saturated heterocycles. The fourth-order valence-electron chi connectivity index (χ4n) is 5.79. The first kappa shape index (κ1) is 31.6. The number of thiocarbonyl (C=S) groups is 1. The zero-order valence-electron chi connectivity index (χ0n) is 24.5. The van der Waals surface area contributed by atoms with E-state index >= 15 is 0 Å². The Balaban J connectivity index is 1.30. The van der Waals surface area contributed by atoms with Crippen molar-refractivity contribution in [2.75, 3.05) is 5.75 Å². The first-order valence-electron chi connectivity index (χ1n) is 14.6. The molecule has 7 nitrogen and oxygen atoms in total. The highest BCUT2D eigenvalue weighted by Crippen LogP contribution is 2.44. The molecule has 1 fully saturated rings. The minimum atomic E-state index is -1.67. The third-order valence-corrected chi connectivity index (χ3v) is 12.6. The average Bonchev–Trinajstić information content (AvgIpc) is 3.57. The summed E-state index contributed by atoms with van der Waals surface area (Å²) in [5.41, 5.74) is 2.74. The van der Waals surface area contributed by atoms with Crippen LogP contribution in [0.3, 0.4) is 0 Å². The average molecular weight is 717 g/mol. The number of nitrogens with zero attached hydrogens (tertiary/aromatic N) is 1. The topological polar surface area (TPSA) is 92.8 Å². The minimum Gasteiger partial charge on any atom is -0.469 e. The molecule has 0 radical (unpaired) electrons. The second kappa shape index (κ2) is 13.2. The van der Waals surface area contributed by atoms with Gasteiger partial charge in [-0.3, -0.25) is 23.5 Å². The largest absolute Gasteiger partial charge is 0.469 e. The lowest BCUT2D eigenvalue weighted by Crippen LogP contribution is -2.73. The molecule has 12 heteroatoms. The number of rotatable bonds is 8. The molecule has 3 atom stereocenters. The molecular weight excluding hydrogens is 692 g/mol. The number of carbonyl (C=O) groups is 2. The molecule has 2 aliphatic rings. The van der Waals surface area contributed by atoms with Gasteiger partial charge in [0.1, 0.15) is 28.2 Å². The zero-order chi connectivity index (χ0) is 32.7. The predicted molar refractivity (Wildman–Crippen MR) is 192 cm³/mol. The van der Waals surface area contributed by atoms with Crippen LogP contribution >= 0.6 is 46.5 Å². The molecule has 0 bridgehead atoms. The highest BCUT2D eigenvalue weighted by Gasteiger charge is 2.57. The van der Waals surface area contributed by atoms with Crippen LogP contribution in [0.4, 0.5) is 0 Å². The summed E-state index contributed by atoms with van der Waals surface area (Å²) in [7, 11) is -1.67. The van der Waals surface area contributed by atoms with Crippen LogP contribution in [0.15, 0.2) is 113 Å². The second-order valence-electron chi connectivity index (χ2n) is 11.0. The predicted octanol–water partition coefficient (Wildman–Crippen LogP) is 6.48. The first-order valence-corrected chi connectivity index (χ1v) is 18.5. The third-order valence-electron chi connectivity index (χ3n) is 7.99. The monoisotopic (exact) mass is 716 g/mol. The smallest absolute Gasteiger partial charge is 0.254 e. The number of benzene rings is 3. The van der Waals surface area contributed by atoms with Gasteiger partial charge in [-0.25, -0.2) is 0 Å². The number of ether oxygens (including phenoxy) is 1. The highest BCUT2D eigenvalue weighted by molar-refractivity contribution is 7.86. The fourth-order valence-corrected chi connectivity index (χ4v) is 10.4. The molecule has 47 heavy (non-hydrogen) atoms. The van der Waals surface area contributed by atoms with Crippen molar-refractivity contribution in [2.45, 2.75) is 23.9 Å². The van der Waals surface area contributed by atoms with Crippen LogP contribution in [0.1, 0.15) is 27.7 Å². The van der Waals surface area contributed by atoms with Gasteiger partial charge in [0.2, 0.25) is 16.4 Å². The number of fused-ring (bicyclic) bond motifs is 2. The molecule has 4 heterocycles. The van der Waals surface area contributed by atoms with E-state index in [9.17, 15) is 18.6 Å². The van der Waals surface area contributed by atoms with Crippen molar-refractivity contribution < 1.29 is 18.5 Å². The molecule has 2 unspecified atom stereocenters. The van der Waals surface area contributed by atoms with Crippen molar-refractivity contribution in [1.82, 2.24) is 10.2 Å². The van der Waals surface area contributed by atoms with Gasteiger partial charge in [-0.2, -0.15) is 0 Å². The van der Waals surface area contributed by atoms with Crippen molar-refractivity contribution in [2.24, 2.45) is 0 Å². The normalized spacial score (nSPS) is 19.0. The van der Waals surface area contributed by atoms with E-state index in [1.54, 1.807) is 0 Å². The van der Waals surface area contributed by atoms with Crippen LogP contribution in [0.25, 0.3) is 15.0 Å². The lowest BCUT2D eigenvalue weighted by molar-refractivity contribution is -0.145. The molecule has 0 saturated carbocycles. The van der Waals surface area contributed by atoms with Gasteiger partial charge in [0.15, 0.2) is 0 Å². The fraction of sp³-hybridized carbons (Fsp3) is 0.143. The Morgan fingerprint density at radius 3 is 2.23 bits per heavy atom. The Kier molecular flexibility index (Phi) is 8.91. The van der Waals surface area contributed by atoms with Crippen LogP contribution in [0.5, 0.6) is 0 Å². The summed E-state index contributed by atoms with van der Waals surface area (Å²) < 4.78 is 21.7. The second-order valence-corrected chi connectivity index (χ2v) is 15.2. The van der Waals surface area contributed by atoms with Crippen LogP contribution in [0, 0.1) is 0 Å². The molecule has 236 valence electrons. The summed E-state index contributed by atoms with van der Waals surface area (Å²) in [6, 6.07) is 29.1. The number of hydrogen-bond acceptors (Lipinski definition) is 8. The maximum absolute atomic E-state index is 13.9. The van der Waals surface area contributed by atoms with E-state index in [-0.39, 0.29) is 39.3 Å². The number of β-lactam (4-membered cyclic amide) rings is 1. The molecule has 5 aromatic rings. The first-order chi connectivity index (χ1) is 22.8. The van der Waals surface area contributed by atoms with Gasteiger partial charge < -0.3 is 10.1 Å². The molecule has 3 aromatic carbocycles. The molecule has 0 spiro atoms. The van der Waals surface area contributed by atoms with E-state index in [0.717, 1.165) is 21.4 Å². The summed E-state index contributed by atoms with van der Waals surface area (Å²) in [5, 5.41) is 3.68. The lowest BCUT2D eigenvalue weighted by Gasteiger charge is -2.50. The summed E-state index contributed by atoms with van der Waals surface area (Å²) in [4.78, 5) is 41.9. The third kappa shape index (κ3) is 5.98. The summed E-state index contributed by atoms with van der Waals surface area (Å²) in [5.74, 6) is -0.886. The van der Waals surface area contributed by atoms with E-state index in [1.807, 2.05) is 102 Å². The zero-order valence-corrected chi connectivity index (χ0v) is 28.5. The highest BCUT2D eigenvalue weighted by atomic mass is 35.5. The molecule has 2 amide bonds. The van der Waals surface area contributed by atoms with Crippen molar-refractivity contribution in [3.63, 3.8) is 0 Å². The van der Waals surface area contributed by atoms with Crippen LogP contribution in [0.2, 0.25) is 5.02 Å². The number of halogens is 1. The lowest BCUT2D eigenvalue weighted by atomic mass is 10.00. The van der Waals surface area contributed by atoms with Gasteiger partial charge in [0, 0.05) is 10.3 Å². The number of thiophene rings is 1. The number of amides is 2. The molecule has 0 aliphatic carbocycles.